The van der Waals surface area contributed by atoms with Crippen molar-refractivity contribution in [3.8, 4) is 5.75 Å². The Morgan fingerprint density at radius 2 is 1.51 bits per heavy atom. The standard InChI is InChI=1S/C36H39N3O8.2H2S/c1-47-30-14-8-6-12-27(30)32(42)37-24-18-21-39(22-19-24)33(43)26-17-20-36(23-9-3-2-4-10-23,28-13-7-5-11-25(26)28)35(46)38-29(34(44)45)15-16-31(40)41;;/h2-14,24,26,29H,15-22H2,1H3,(H,37,42)(H,38,46)(H,40,41)(H,44,45);2*1H2/t26-,29-,36+;;/m0../s1. The molecule has 0 bridgehead atoms. The van der Waals surface area contributed by atoms with Gasteiger partial charge in [-0.2, -0.15) is 27.0 Å². The number of aliphatic carboxylic acids is 2. The lowest BCUT2D eigenvalue weighted by Crippen LogP contribution is -2.54. The number of carbonyl (C=O) groups excluding carboxylic acids is 3. The zero-order chi connectivity index (χ0) is 33.6. The average Bonchev–Trinajstić information content (AvgIpc) is 3.09. The molecule has 0 unspecified atom stereocenters. The molecule has 3 atom stereocenters. The maximum absolute atomic E-state index is 14.2. The Balaban J connectivity index is 0.00000325. The molecule has 3 aromatic rings. The number of ether oxygens (including phenoxy) is 1. The van der Waals surface area contributed by atoms with E-state index < -0.39 is 41.6 Å². The molecule has 0 radical (unpaired) electrons. The third kappa shape index (κ3) is 8.39. The number of carboxylic acids is 2. The van der Waals surface area contributed by atoms with Gasteiger partial charge in [-0.15, -0.1) is 0 Å². The van der Waals surface area contributed by atoms with Gasteiger partial charge in [-0.3, -0.25) is 19.2 Å². The Kier molecular flexibility index (Phi) is 13.7. The molecule has 3 amide bonds. The number of likely N-dealkylation sites (tertiary alicyclic amines) is 1. The molecule has 0 saturated carbocycles. The number of methoxy groups -OCH3 is 1. The number of piperidine rings is 1. The van der Waals surface area contributed by atoms with Gasteiger partial charge in [-0.05, 0) is 60.9 Å². The van der Waals surface area contributed by atoms with Gasteiger partial charge < -0.3 is 30.5 Å². The fourth-order valence-corrected chi connectivity index (χ4v) is 6.85. The van der Waals surface area contributed by atoms with E-state index in [1.165, 1.54) is 7.11 Å². The lowest BCUT2D eigenvalue weighted by molar-refractivity contribution is -0.143. The number of amides is 3. The number of benzene rings is 3. The SMILES string of the molecule is COc1ccccc1C(=O)NC1CCN(C(=O)[C@H]2CC[C@@](C(=O)N[C@@H](CCC(=O)O)C(=O)O)(c3ccccc3)c3ccccc32)CC1.S.S. The summed E-state index contributed by atoms with van der Waals surface area (Å²) >= 11 is 0. The quantitative estimate of drug-likeness (QED) is 0.233. The van der Waals surface area contributed by atoms with Crippen LogP contribution in [-0.4, -0.2) is 77.1 Å². The summed E-state index contributed by atoms with van der Waals surface area (Å²) in [5.41, 5.74) is 1.14. The summed E-state index contributed by atoms with van der Waals surface area (Å²) in [5.74, 6) is -3.33. The van der Waals surface area contributed by atoms with Crippen molar-refractivity contribution in [2.24, 2.45) is 0 Å². The predicted octanol–water partition coefficient (Wildman–Crippen LogP) is 3.94. The van der Waals surface area contributed by atoms with Crippen molar-refractivity contribution >= 4 is 56.7 Å². The first-order valence-corrected chi connectivity index (χ1v) is 15.8. The van der Waals surface area contributed by atoms with Crippen LogP contribution in [0.25, 0.3) is 0 Å². The molecule has 2 aliphatic rings. The average molecular weight is 710 g/mol. The highest BCUT2D eigenvalue weighted by molar-refractivity contribution is 7.59. The Bertz CT molecular complexity index is 1650. The lowest BCUT2D eigenvalue weighted by atomic mass is 9.62. The van der Waals surface area contributed by atoms with Crippen molar-refractivity contribution in [1.29, 1.82) is 0 Å². The maximum atomic E-state index is 14.2. The molecule has 1 fully saturated rings. The highest BCUT2D eigenvalue weighted by Gasteiger charge is 2.49. The molecule has 0 spiro atoms. The number of para-hydroxylation sites is 1. The van der Waals surface area contributed by atoms with Crippen LogP contribution in [0.15, 0.2) is 78.9 Å². The van der Waals surface area contributed by atoms with Gasteiger partial charge in [0.1, 0.15) is 11.8 Å². The van der Waals surface area contributed by atoms with Crippen LogP contribution in [0.4, 0.5) is 0 Å². The van der Waals surface area contributed by atoms with E-state index in [1.807, 2.05) is 41.3 Å². The Labute approximate surface area is 299 Å². The van der Waals surface area contributed by atoms with Gasteiger partial charge in [-0.1, -0.05) is 66.7 Å². The van der Waals surface area contributed by atoms with E-state index in [2.05, 4.69) is 10.6 Å². The maximum Gasteiger partial charge on any atom is 0.326 e. The van der Waals surface area contributed by atoms with E-state index in [-0.39, 0.29) is 57.7 Å². The second-order valence-corrected chi connectivity index (χ2v) is 12.0. The molecule has 1 aliphatic carbocycles. The summed E-state index contributed by atoms with van der Waals surface area (Å²) < 4.78 is 5.32. The van der Waals surface area contributed by atoms with Crippen molar-refractivity contribution in [3.05, 3.63) is 101 Å². The van der Waals surface area contributed by atoms with Crippen LogP contribution in [0.3, 0.4) is 0 Å². The molecule has 3 aromatic carbocycles. The van der Waals surface area contributed by atoms with E-state index in [9.17, 15) is 29.1 Å². The molecule has 4 N–H and O–H groups in total. The summed E-state index contributed by atoms with van der Waals surface area (Å²) in [7, 11) is 1.52. The Morgan fingerprint density at radius 1 is 0.878 bits per heavy atom. The number of fused-ring (bicyclic) bond motifs is 1. The number of carbonyl (C=O) groups is 5. The second kappa shape index (κ2) is 17.3. The minimum absolute atomic E-state index is 0. The molecule has 1 heterocycles. The first-order chi connectivity index (χ1) is 22.6. The van der Waals surface area contributed by atoms with E-state index in [0.717, 1.165) is 0 Å². The minimum Gasteiger partial charge on any atom is -0.496 e. The monoisotopic (exact) mass is 709 g/mol. The summed E-state index contributed by atoms with van der Waals surface area (Å²) in [6.45, 7) is 0.922. The van der Waals surface area contributed by atoms with Gasteiger partial charge in [-0.25, -0.2) is 4.79 Å². The second-order valence-electron chi connectivity index (χ2n) is 12.0. The first kappa shape index (κ1) is 39.0. The lowest BCUT2D eigenvalue weighted by Gasteiger charge is -2.43. The molecular weight excluding hydrogens is 667 g/mol. The zero-order valence-corrected chi connectivity index (χ0v) is 29.2. The normalized spacial score (nSPS) is 19.1. The largest absolute Gasteiger partial charge is 0.496 e. The Hall–Kier alpha value is -4.49. The molecular formula is C36H43N3O8S2. The van der Waals surface area contributed by atoms with Crippen LogP contribution in [-0.2, 0) is 24.6 Å². The van der Waals surface area contributed by atoms with Crippen LogP contribution >= 0.6 is 27.0 Å². The van der Waals surface area contributed by atoms with Gasteiger partial charge >= 0.3 is 11.9 Å². The molecule has 13 heteroatoms. The van der Waals surface area contributed by atoms with Gasteiger partial charge in [0.25, 0.3) is 5.91 Å². The number of carboxylic acid groups (broad SMARTS) is 2. The molecule has 11 nitrogen and oxygen atoms in total. The summed E-state index contributed by atoms with van der Waals surface area (Å²) in [4.78, 5) is 66.3. The van der Waals surface area contributed by atoms with Crippen molar-refractivity contribution in [1.82, 2.24) is 15.5 Å². The third-order valence-electron chi connectivity index (χ3n) is 9.30. The Morgan fingerprint density at radius 3 is 2.16 bits per heavy atom. The highest BCUT2D eigenvalue weighted by atomic mass is 32.1. The summed E-state index contributed by atoms with van der Waals surface area (Å²) in [6.07, 6.45) is 1.08. The number of rotatable bonds is 11. The van der Waals surface area contributed by atoms with Gasteiger partial charge in [0.2, 0.25) is 11.8 Å². The zero-order valence-electron chi connectivity index (χ0n) is 27.2. The van der Waals surface area contributed by atoms with Crippen LogP contribution in [0.5, 0.6) is 5.75 Å². The van der Waals surface area contributed by atoms with E-state index in [4.69, 9.17) is 9.84 Å². The van der Waals surface area contributed by atoms with Crippen molar-refractivity contribution in [2.45, 2.75) is 61.9 Å². The van der Waals surface area contributed by atoms with Gasteiger partial charge in [0, 0.05) is 25.6 Å². The van der Waals surface area contributed by atoms with Gasteiger partial charge in [0.05, 0.1) is 24.0 Å². The van der Waals surface area contributed by atoms with Crippen LogP contribution in [0, 0.1) is 0 Å². The number of nitrogens with one attached hydrogen (secondary N) is 2. The molecule has 1 saturated heterocycles. The van der Waals surface area contributed by atoms with Crippen molar-refractivity contribution < 1.29 is 38.9 Å². The number of hydrogen-bond donors (Lipinski definition) is 4. The topological polar surface area (TPSA) is 162 Å². The summed E-state index contributed by atoms with van der Waals surface area (Å²) in [5, 5.41) is 24.6. The van der Waals surface area contributed by atoms with Crippen molar-refractivity contribution in [2.75, 3.05) is 20.2 Å². The molecule has 262 valence electrons. The minimum atomic E-state index is -1.39. The van der Waals surface area contributed by atoms with Crippen molar-refractivity contribution in [3.63, 3.8) is 0 Å². The number of hydrogen-bond acceptors (Lipinski definition) is 6. The van der Waals surface area contributed by atoms with E-state index in [1.54, 1.807) is 42.5 Å². The number of nitrogens with zero attached hydrogens (tertiary/aromatic N) is 1. The fourth-order valence-electron chi connectivity index (χ4n) is 6.85. The molecule has 0 aromatic heterocycles. The predicted molar refractivity (Wildman–Crippen MR) is 193 cm³/mol. The highest BCUT2D eigenvalue weighted by Crippen LogP contribution is 2.48. The third-order valence-corrected chi connectivity index (χ3v) is 9.30. The summed E-state index contributed by atoms with van der Waals surface area (Å²) in [6, 6.07) is 21.9. The van der Waals surface area contributed by atoms with Gasteiger partial charge in [0.15, 0.2) is 0 Å². The van der Waals surface area contributed by atoms with Crippen LogP contribution in [0.2, 0.25) is 0 Å². The smallest absolute Gasteiger partial charge is 0.326 e. The van der Waals surface area contributed by atoms with E-state index in [0.29, 0.717) is 60.4 Å². The molecule has 49 heavy (non-hydrogen) atoms. The fraction of sp³-hybridized carbons (Fsp3) is 0.361. The van der Waals surface area contributed by atoms with Crippen LogP contribution in [0.1, 0.15) is 71.5 Å². The van der Waals surface area contributed by atoms with E-state index >= 15 is 0 Å². The first-order valence-electron chi connectivity index (χ1n) is 15.8. The molecule has 5 rings (SSSR count). The molecule has 1 aliphatic heterocycles. The van der Waals surface area contributed by atoms with Crippen LogP contribution < -0.4 is 15.4 Å².